The lowest BCUT2D eigenvalue weighted by Crippen LogP contribution is -2.53. The minimum absolute atomic E-state index is 0.00487. The van der Waals surface area contributed by atoms with Crippen molar-refractivity contribution in [3.8, 4) is 0 Å². The van der Waals surface area contributed by atoms with Crippen LogP contribution in [0, 0.1) is 34.5 Å². The summed E-state index contributed by atoms with van der Waals surface area (Å²) < 4.78 is 91.7. The first kappa shape index (κ1) is 27.9. The molecule has 36 heavy (non-hydrogen) atoms. The van der Waals surface area contributed by atoms with E-state index in [9.17, 15) is 40.6 Å². The molecule has 0 aliphatic heterocycles. The van der Waals surface area contributed by atoms with Crippen LogP contribution in [0.4, 0.5) is 30.7 Å². The molecule has 3 fully saturated rings. The van der Waals surface area contributed by atoms with Crippen molar-refractivity contribution in [2.24, 2.45) is 34.5 Å². The van der Waals surface area contributed by atoms with Gasteiger partial charge in [0.15, 0.2) is 5.78 Å². The van der Waals surface area contributed by atoms with E-state index in [1.165, 1.54) is 5.57 Å². The molecule has 0 amide bonds. The maximum absolute atomic E-state index is 14.1. The number of aliphatic hydroxyl groups is 1. The zero-order valence-electron chi connectivity index (χ0n) is 21.2. The van der Waals surface area contributed by atoms with Crippen LogP contribution < -0.4 is 0 Å². The molecule has 206 valence electrons. The van der Waals surface area contributed by atoms with Crippen molar-refractivity contribution in [1.82, 2.24) is 0 Å². The first-order valence-electron chi connectivity index (χ1n) is 13.2. The average molecular weight is 527 g/mol. The second kappa shape index (κ2) is 8.98. The molecule has 2 nitrogen and oxygen atoms in total. The summed E-state index contributed by atoms with van der Waals surface area (Å²) in [5.41, 5.74) is -3.59. The van der Waals surface area contributed by atoms with Gasteiger partial charge in [0.05, 0.1) is 6.10 Å². The first-order valence-corrected chi connectivity index (χ1v) is 13.2. The van der Waals surface area contributed by atoms with E-state index in [0.717, 1.165) is 50.5 Å². The van der Waals surface area contributed by atoms with E-state index in [4.69, 9.17) is 0 Å². The third-order valence-corrected chi connectivity index (χ3v) is 10.6. The number of rotatable bonds is 5. The highest BCUT2D eigenvalue weighted by Crippen LogP contribution is 2.65. The predicted molar refractivity (Wildman–Crippen MR) is 121 cm³/mol. The van der Waals surface area contributed by atoms with E-state index in [1.807, 2.05) is 6.92 Å². The molecule has 7 atom stereocenters. The van der Waals surface area contributed by atoms with E-state index in [-0.39, 0.29) is 47.9 Å². The Balaban J connectivity index is 1.52. The van der Waals surface area contributed by atoms with Gasteiger partial charge in [-0.3, -0.25) is 4.79 Å². The molecule has 0 aromatic heterocycles. The first-order chi connectivity index (χ1) is 16.5. The van der Waals surface area contributed by atoms with Crippen LogP contribution in [0.2, 0.25) is 0 Å². The Kier molecular flexibility index (Phi) is 6.96. The Labute approximate surface area is 208 Å². The molecule has 0 saturated heterocycles. The number of fused-ring (bicyclic) bond motifs is 4. The molecule has 0 bridgehead atoms. The summed E-state index contributed by atoms with van der Waals surface area (Å²) in [6.07, 6.45) is -8.50. The normalized spacial score (nSPS) is 38.5. The van der Waals surface area contributed by atoms with Crippen LogP contribution in [0.15, 0.2) is 11.1 Å². The Morgan fingerprint density at radius 1 is 1.00 bits per heavy atom. The SMILES string of the molecule is C[C@H](CCCC(F)(C(F)(F)F)C(F)(F)F)[C@H]1CC(=O)C2=C3CC[C@H]4CC(O)CC[C@]4(C)[C@H]3CC[C@@]21C. The fraction of sp³-hybridized carbons (Fsp3) is 0.889. The van der Waals surface area contributed by atoms with Crippen molar-refractivity contribution in [2.75, 3.05) is 0 Å². The van der Waals surface area contributed by atoms with Crippen LogP contribution in [-0.2, 0) is 4.79 Å². The summed E-state index contributed by atoms with van der Waals surface area (Å²) in [7, 11) is 0. The standard InChI is InChI=1S/C27H37F7O2/c1-15(5-4-10-25(28,26(29,30)31)27(32,33)34)20-14-21(36)22-18-7-6-16-13-17(35)8-11-23(16,2)19(18)9-12-24(20,22)3/h15-17,19-20,35H,4-14H2,1-3H3/t15-,16+,17?,19+,20-,23+,24-/m1/s1. The zero-order valence-corrected chi connectivity index (χ0v) is 21.2. The third-order valence-electron chi connectivity index (χ3n) is 10.6. The Morgan fingerprint density at radius 3 is 2.25 bits per heavy atom. The summed E-state index contributed by atoms with van der Waals surface area (Å²) in [6, 6.07) is 0. The van der Waals surface area contributed by atoms with Gasteiger partial charge in [-0.2, -0.15) is 26.3 Å². The fourth-order valence-corrected chi connectivity index (χ4v) is 8.48. The van der Waals surface area contributed by atoms with Gasteiger partial charge in [0.25, 0.3) is 5.67 Å². The van der Waals surface area contributed by atoms with Gasteiger partial charge in [0.1, 0.15) is 0 Å². The molecule has 0 heterocycles. The van der Waals surface area contributed by atoms with Gasteiger partial charge in [0.2, 0.25) is 0 Å². The van der Waals surface area contributed by atoms with Crippen molar-refractivity contribution in [2.45, 2.75) is 116 Å². The Morgan fingerprint density at radius 2 is 1.64 bits per heavy atom. The van der Waals surface area contributed by atoms with Crippen LogP contribution in [0.3, 0.4) is 0 Å². The van der Waals surface area contributed by atoms with Crippen LogP contribution in [-0.4, -0.2) is 35.0 Å². The lowest BCUT2D eigenvalue weighted by Gasteiger charge is -2.56. The number of aliphatic hydroxyl groups excluding tert-OH is 1. The number of halogens is 7. The minimum Gasteiger partial charge on any atom is -0.393 e. The van der Waals surface area contributed by atoms with Crippen LogP contribution in [0.5, 0.6) is 0 Å². The fourth-order valence-electron chi connectivity index (χ4n) is 8.48. The predicted octanol–water partition coefficient (Wildman–Crippen LogP) is 7.89. The highest BCUT2D eigenvalue weighted by Gasteiger charge is 2.71. The van der Waals surface area contributed by atoms with Gasteiger partial charge in [-0.05, 0) is 92.3 Å². The molecule has 9 heteroatoms. The van der Waals surface area contributed by atoms with E-state index in [0.29, 0.717) is 5.92 Å². The second-order valence-corrected chi connectivity index (χ2v) is 12.5. The number of ketones is 1. The van der Waals surface area contributed by atoms with E-state index in [1.54, 1.807) is 6.92 Å². The highest BCUT2D eigenvalue weighted by molar-refractivity contribution is 6.00. The van der Waals surface area contributed by atoms with Gasteiger partial charge >= 0.3 is 12.4 Å². The number of Topliss-reactive ketones (excluding diaryl/α,β-unsaturated/α-hetero) is 1. The number of alkyl halides is 7. The van der Waals surface area contributed by atoms with E-state index >= 15 is 0 Å². The van der Waals surface area contributed by atoms with Crippen molar-refractivity contribution < 1.29 is 40.6 Å². The number of allylic oxidation sites excluding steroid dienone is 2. The van der Waals surface area contributed by atoms with Crippen molar-refractivity contribution in [1.29, 1.82) is 0 Å². The van der Waals surface area contributed by atoms with Gasteiger partial charge < -0.3 is 5.11 Å². The molecule has 3 saturated carbocycles. The van der Waals surface area contributed by atoms with Crippen LogP contribution >= 0.6 is 0 Å². The molecular weight excluding hydrogens is 489 g/mol. The van der Waals surface area contributed by atoms with Gasteiger partial charge in [-0.25, -0.2) is 4.39 Å². The van der Waals surface area contributed by atoms with E-state index < -0.39 is 36.3 Å². The minimum atomic E-state index is -6.02. The molecule has 1 N–H and O–H groups in total. The summed E-state index contributed by atoms with van der Waals surface area (Å²) >= 11 is 0. The largest absolute Gasteiger partial charge is 0.431 e. The topological polar surface area (TPSA) is 37.3 Å². The van der Waals surface area contributed by atoms with Crippen molar-refractivity contribution in [3.63, 3.8) is 0 Å². The molecule has 4 aliphatic rings. The summed E-state index contributed by atoms with van der Waals surface area (Å²) in [6.45, 7) is 6.08. The van der Waals surface area contributed by atoms with E-state index in [2.05, 4.69) is 6.92 Å². The molecule has 0 radical (unpaired) electrons. The third kappa shape index (κ3) is 4.23. The summed E-state index contributed by atoms with van der Waals surface area (Å²) in [5.74, 6) is 0.247. The summed E-state index contributed by atoms with van der Waals surface area (Å²) in [5, 5.41) is 10.2. The molecule has 0 spiro atoms. The average Bonchev–Trinajstić information content (AvgIpc) is 3.03. The quantitative estimate of drug-likeness (QED) is 0.370. The number of carbonyl (C=O) groups is 1. The van der Waals surface area contributed by atoms with Gasteiger partial charge in [-0.15, -0.1) is 0 Å². The summed E-state index contributed by atoms with van der Waals surface area (Å²) in [4.78, 5) is 13.3. The monoisotopic (exact) mass is 526 g/mol. The lowest BCUT2D eigenvalue weighted by molar-refractivity contribution is -0.343. The van der Waals surface area contributed by atoms with Gasteiger partial charge in [0, 0.05) is 12.0 Å². The number of hydrogen-bond acceptors (Lipinski definition) is 2. The van der Waals surface area contributed by atoms with Crippen molar-refractivity contribution in [3.05, 3.63) is 11.1 Å². The number of hydrogen-bond donors (Lipinski definition) is 1. The van der Waals surface area contributed by atoms with Crippen LogP contribution in [0.25, 0.3) is 0 Å². The maximum Gasteiger partial charge on any atom is 0.431 e. The maximum atomic E-state index is 14.1. The zero-order chi connectivity index (χ0) is 26.9. The molecule has 0 aromatic carbocycles. The van der Waals surface area contributed by atoms with Gasteiger partial charge in [-0.1, -0.05) is 32.8 Å². The smallest absolute Gasteiger partial charge is 0.393 e. The highest BCUT2D eigenvalue weighted by atomic mass is 19.4. The molecule has 4 rings (SSSR count). The molecule has 0 aromatic rings. The molecule has 4 aliphatic carbocycles. The molecular formula is C27H37F7O2. The molecule has 1 unspecified atom stereocenters. The number of carbonyl (C=O) groups excluding carboxylic acids is 1. The Bertz CT molecular complexity index is 893. The Hall–Kier alpha value is -1.12. The van der Waals surface area contributed by atoms with Crippen LogP contribution in [0.1, 0.15) is 91.4 Å². The van der Waals surface area contributed by atoms with Crippen molar-refractivity contribution >= 4 is 5.78 Å². The second-order valence-electron chi connectivity index (χ2n) is 12.5. The lowest BCUT2D eigenvalue weighted by atomic mass is 9.48.